The van der Waals surface area contributed by atoms with E-state index in [-0.39, 0.29) is 19.0 Å². The van der Waals surface area contributed by atoms with E-state index in [1.807, 2.05) is 30.3 Å². The van der Waals surface area contributed by atoms with Crippen LogP contribution in [0.5, 0.6) is 0 Å². The summed E-state index contributed by atoms with van der Waals surface area (Å²) >= 11 is 0. The molecule has 2 aromatic rings. The normalized spacial score (nSPS) is 19.6. The lowest BCUT2D eigenvalue weighted by molar-refractivity contribution is -0.144. The molecule has 1 N–H and O–H groups in total. The highest BCUT2D eigenvalue weighted by Gasteiger charge is 2.37. The van der Waals surface area contributed by atoms with Crippen LogP contribution in [0.3, 0.4) is 0 Å². The molecule has 142 valence electrons. The highest BCUT2D eigenvalue weighted by atomic mass is 19.1. The number of amides is 1. The van der Waals surface area contributed by atoms with Gasteiger partial charge >= 0.3 is 12.1 Å². The van der Waals surface area contributed by atoms with Crippen molar-refractivity contribution in [2.45, 2.75) is 25.9 Å². The van der Waals surface area contributed by atoms with Gasteiger partial charge < -0.3 is 14.7 Å². The number of halogens is 1. The quantitative estimate of drug-likeness (QED) is 0.883. The van der Waals surface area contributed by atoms with Gasteiger partial charge in [0.25, 0.3) is 0 Å². The van der Waals surface area contributed by atoms with Crippen LogP contribution < -0.4 is 0 Å². The summed E-state index contributed by atoms with van der Waals surface area (Å²) in [4.78, 5) is 25.7. The molecule has 0 aliphatic carbocycles. The Bertz CT molecular complexity index is 824. The van der Waals surface area contributed by atoms with Crippen LogP contribution in [0.4, 0.5) is 9.18 Å². The van der Waals surface area contributed by atoms with Gasteiger partial charge in [-0.15, -0.1) is 0 Å². The number of benzene rings is 2. The van der Waals surface area contributed by atoms with Gasteiger partial charge in [-0.3, -0.25) is 4.79 Å². The Labute approximate surface area is 157 Å². The number of hydrogen-bond acceptors (Lipinski definition) is 3. The number of nitrogens with zero attached hydrogens (tertiary/aromatic N) is 1. The number of rotatable bonds is 4. The van der Waals surface area contributed by atoms with Crippen LogP contribution in [0.25, 0.3) is 0 Å². The molecule has 0 saturated carbocycles. The second kappa shape index (κ2) is 8.20. The Kier molecular flexibility index (Phi) is 5.74. The van der Waals surface area contributed by atoms with Crippen molar-refractivity contribution < 1.29 is 23.8 Å². The molecule has 1 amide bonds. The van der Waals surface area contributed by atoms with Gasteiger partial charge in [0.2, 0.25) is 0 Å². The molecule has 0 aromatic heterocycles. The smallest absolute Gasteiger partial charge is 0.410 e. The van der Waals surface area contributed by atoms with Crippen LogP contribution in [0.2, 0.25) is 0 Å². The number of piperidine rings is 1. The maximum Gasteiger partial charge on any atom is 0.410 e. The molecule has 1 heterocycles. The van der Waals surface area contributed by atoms with E-state index in [0.29, 0.717) is 18.5 Å². The summed E-state index contributed by atoms with van der Waals surface area (Å²) in [5, 5.41) is 9.58. The van der Waals surface area contributed by atoms with Crippen LogP contribution in [0.1, 0.15) is 29.0 Å². The molecule has 2 aromatic carbocycles. The molecule has 2 atom stereocenters. The molecule has 1 aliphatic rings. The number of carboxylic acids is 1. The minimum Gasteiger partial charge on any atom is -0.481 e. The summed E-state index contributed by atoms with van der Waals surface area (Å²) in [7, 11) is 0. The third kappa shape index (κ3) is 4.45. The molecule has 0 radical (unpaired) electrons. The first-order valence-corrected chi connectivity index (χ1v) is 8.90. The number of hydrogen-bond donors (Lipinski definition) is 1. The monoisotopic (exact) mass is 371 g/mol. The molecule has 3 rings (SSSR count). The van der Waals surface area contributed by atoms with Crippen LogP contribution in [-0.4, -0.2) is 35.2 Å². The molecule has 1 saturated heterocycles. The predicted octanol–water partition coefficient (Wildman–Crippen LogP) is 3.96. The van der Waals surface area contributed by atoms with Crippen molar-refractivity contribution in [1.29, 1.82) is 0 Å². The molecule has 27 heavy (non-hydrogen) atoms. The number of carbonyl (C=O) groups is 2. The lowest BCUT2D eigenvalue weighted by Crippen LogP contribution is -2.45. The van der Waals surface area contributed by atoms with Gasteiger partial charge in [0, 0.05) is 19.0 Å². The van der Waals surface area contributed by atoms with Crippen molar-refractivity contribution in [2.75, 3.05) is 13.1 Å². The topological polar surface area (TPSA) is 66.8 Å². The zero-order valence-electron chi connectivity index (χ0n) is 15.1. The van der Waals surface area contributed by atoms with Crippen molar-refractivity contribution in [3.8, 4) is 0 Å². The van der Waals surface area contributed by atoms with Gasteiger partial charge in [0.05, 0.1) is 5.92 Å². The summed E-state index contributed by atoms with van der Waals surface area (Å²) < 4.78 is 18.8. The number of carbonyl (C=O) groups excluding carboxylic acids is 1. The lowest BCUT2D eigenvalue weighted by atomic mass is 9.79. The zero-order valence-corrected chi connectivity index (χ0v) is 15.1. The van der Waals surface area contributed by atoms with Crippen molar-refractivity contribution in [3.63, 3.8) is 0 Å². The minimum absolute atomic E-state index is 0.165. The fourth-order valence-corrected chi connectivity index (χ4v) is 3.59. The average molecular weight is 371 g/mol. The van der Waals surface area contributed by atoms with E-state index in [2.05, 4.69) is 0 Å². The van der Waals surface area contributed by atoms with Crippen molar-refractivity contribution in [2.24, 2.45) is 5.92 Å². The molecule has 1 fully saturated rings. The number of likely N-dealkylation sites (tertiary alicyclic amines) is 1. The van der Waals surface area contributed by atoms with Crippen molar-refractivity contribution >= 4 is 12.1 Å². The first-order chi connectivity index (χ1) is 13.0. The van der Waals surface area contributed by atoms with Crippen LogP contribution >= 0.6 is 0 Å². The molecule has 6 heteroatoms. The maximum absolute atomic E-state index is 13.4. The van der Waals surface area contributed by atoms with E-state index in [4.69, 9.17) is 4.74 Å². The third-order valence-electron chi connectivity index (χ3n) is 5.02. The van der Waals surface area contributed by atoms with E-state index in [0.717, 1.165) is 11.1 Å². The minimum atomic E-state index is -0.902. The molecule has 0 bridgehead atoms. The van der Waals surface area contributed by atoms with Gasteiger partial charge in [-0.2, -0.15) is 0 Å². The Hall–Kier alpha value is -2.89. The molecule has 5 nitrogen and oxygen atoms in total. The fraction of sp³-hybridized carbons (Fsp3) is 0.333. The van der Waals surface area contributed by atoms with E-state index < -0.39 is 23.9 Å². The number of ether oxygens (including phenoxy) is 1. The third-order valence-corrected chi connectivity index (χ3v) is 5.02. The van der Waals surface area contributed by atoms with Crippen molar-refractivity contribution in [3.05, 3.63) is 71.0 Å². The predicted molar refractivity (Wildman–Crippen MR) is 97.8 cm³/mol. The summed E-state index contributed by atoms with van der Waals surface area (Å²) in [5.74, 6) is -2.28. The second-order valence-corrected chi connectivity index (χ2v) is 6.83. The molecule has 0 unspecified atom stereocenters. The molecule has 1 aliphatic heterocycles. The second-order valence-electron chi connectivity index (χ2n) is 6.83. The molecular weight excluding hydrogens is 349 g/mol. The Morgan fingerprint density at radius 2 is 1.96 bits per heavy atom. The van der Waals surface area contributed by atoms with E-state index in [9.17, 15) is 19.1 Å². The Morgan fingerprint density at radius 3 is 2.63 bits per heavy atom. The SMILES string of the molecule is Cc1cc(F)ccc1[C@H]1CN(C(=O)OCc2ccccc2)CC[C@@H]1C(=O)O. The number of carboxylic acid groups (broad SMARTS) is 1. The first kappa shape index (κ1) is 18.9. The van der Waals surface area contributed by atoms with Crippen molar-refractivity contribution in [1.82, 2.24) is 4.90 Å². The Morgan fingerprint density at radius 1 is 1.22 bits per heavy atom. The average Bonchev–Trinajstić information content (AvgIpc) is 2.66. The van der Waals surface area contributed by atoms with Gasteiger partial charge in [-0.05, 0) is 42.2 Å². The highest BCUT2D eigenvalue weighted by molar-refractivity contribution is 5.73. The summed E-state index contributed by atoms with van der Waals surface area (Å²) in [6.07, 6.45) is -0.135. The van der Waals surface area contributed by atoms with E-state index >= 15 is 0 Å². The maximum atomic E-state index is 13.4. The van der Waals surface area contributed by atoms with Gasteiger partial charge in [-0.25, -0.2) is 9.18 Å². The van der Waals surface area contributed by atoms with Crippen LogP contribution in [-0.2, 0) is 16.1 Å². The number of aryl methyl sites for hydroxylation is 1. The zero-order chi connectivity index (χ0) is 19.4. The van der Waals surface area contributed by atoms with Gasteiger partial charge in [0.15, 0.2) is 0 Å². The van der Waals surface area contributed by atoms with Crippen LogP contribution in [0, 0.1) is 18.7 Å². The summed E-state index contributed by atoms with van der Waals surface area (Å²) in [5.41, 5.74) is 2.33. The lowest BCUT2D eigenvalue weighted by Gasteiger charge is -2.37. The summed E-state index contributed by atoms with van der Waals surface area (Å²) in [6, 6.07) is 13.7. The van der Waals surface area contributed by atoms with Gasteiger partial charge in [0.1, 0.15) is 12.4 Å². The molecular formula is C21H22FNO4. The number of aliphatic carboxylic acids is 1. The van der Waals surface area contributed by atoms with E-state index in [1.54, 1.807) is 13.0 Å². The summed E-state index contributed by atoms with van der Waals surface area (Å²) in [6.45, 7) is 2.47. The first-order valence-electron chi connectivity index (χ1n) is 8.90. The Balaban J connectivity index is 1.73. The van der Waals surface area contributed by atoms with Gasteiger partial charge in [-0.1, -0.05) is 36.4 Å². The van der Waals surface area contributed by atoms with E-state index in [1.165, 1.54) is 17.0 Å². The highest BCUT2D eigenvalue weighted by Crippen LogP contribution is 2.35. The van der Waals surface area contributed by atoms with Crippen LogP contribution in [0.15, 0.2) is 48.5 Å². The largest absolute Gasteiger partial charge is 0.481 e. The standard InChI is InChI=1S/C21H22FNO4/c1-14-11-16(22)7-8-17(14)19-12-23(10-9-18(19)20(24)25)21(26)27-13-15-5-3-2-4-6-15/h2-8,11,18-19H,9-10,12-13H2,1H3,(H,24,25)/t18-,19+/m0/s1. The molecule has 0 spiro atoms. The fourth-order valence-electron chi connectivity index (χ4n) is 3.59.